The summed E-state index contributed by atoms with van der Waals surface area (Å²) in [6.07, 6.45) is 4.82. The lowest BCUT2D eigenvalue weighted by molar-refractivity contribution is 0.101. The van der Waals surface area contributed by atoms with E-state index in [0.29, 0.717) is 5.82 Å². The first kappa shape index (κ1) is 11.3. The molecule has 0 aliphatic carbocycles. The van der Waals surface area contributed by atoms with Gasteiger partial charge >= 0.3 is 0 Å². The van der Waals surface area contributed by atoms with Gasteiger partial charge in [-0.05, 0) is 12.1 Å². The predicted molar refractivity (Wildman–Crippen MR) is 65.9 cm³/mol. The Morgan fingerprint density at radius 1 is 1.37 bits per heavy atom. The van der Waals surface area contributed by atoms with Crippen LogP contribution in [0.15, 0.2) is 30.3 Å². The fraction of sp³-hybridized carbons (Fsp3) is 0.0769. The Morgan fingerprint density at radius 3 is 2.84 bits per heavy atom. The van der Waals surface area contributed by atoms with Crippen LogP contribution >= 0.6 is 0 Å². The smallest absolute Gasteiger partial charge is 0.232 e. The minimum absolute atomic E-state index is 0.0227. The number of hydrogen-bond acceptors (Lipinski definition) is 5. The molecule has 6 heteroatoms. The molecular weight excluding hydrogens is 248 g/mol. The number of benzene rings is 1. The Labute approximate surface area is 108 Å². The topological polar surface area (TPSA) is 84.6 Å². The molecule has 2 N–H and O–H groups in total. The summed E-state index contributed by atoms with van der Waals surface area (Å²) in [5, 5.41) is 19.0. The van der Waals surface area contributed by atoms with E-state index in [2.05, 4.69) is 4.98 Å². The number of Topliss-reactive ketones (excluding diaryl/α,β-unsaturated/α-hetero) is 1. The number of aromatic nitrogens is 2. The van der Waals surface area contributed by atoms with Crippen LogP contribution in [0, 0.1) is 0 Å². The highest BCUT2D eigenvalue weighted by molar-refractivity contribution is 6.15. The first-order chi connectivity index (χ1) is 9.08. The first-order valence-corrected chi connectivity index (χ1v) is 5.54. The SMILES string of the molecule is Cn1ccnc1/C=C1\Oc2c(ccc(O)c2O)C1=O. The van der Waals surface area contributed by atoms with E-state index in [1.54, 1.807) is 24.0 Å². The molecule has 0 bridgehead atoms. The molecule has 0 atom stereocenters. The quantitative estimate of drug-likeness (QED) is 0.597. The van der Waals surface area contributed by atoms with Crippen molar-refractivity contribution in [3.63, 3.8) is 0 Å². The van der Waals surface area contributed by atoms with Crippen LogP contribution in [0.1, 0.15) is 16.2 Å². The van der Waals surface area contributed by atoms with Gasteiger partial charge in [-0.25, -0.2) is 4.98 Å². The van der Waals surface area contributed by atoms with E-state index in [-0.39, 0.29) is 28.6 Å². The number of fused-ring (bicyclic) bond motifs is 1. The molecule has 0 amide bonds. The minimum atomic E-state index is -0.436. The third-order valence-corrected chi connectivity index (χ3v) is 2.91. The molecule has 0 saturated heterocycles. The number of aromatic hydroxyl groups is 2. The number of aryl methyl sites for hydroxylation is 1. The Bertz CT molecular complexity index is 715. The van der Waals surface area contributed by atoms with E-state index in [1.807, 2.05) is 0 Å². The van der Waals surface area contributed by atoms with Crippen molar-refractivity contribution in [2.24, 2.45) is 7.05 Å². The molecule has 96 valence electrons. The van der Waals surface area contributed by atoms with Gasteiger partial charge in [-0.3, -0.25) is 4.79 Å². The largest absolute Gasteiger partial charge is 0.504 e. The van der Waals surface area contributed by atoms with Crippen LogP contribution in [0.4, 0.5) is 0 Å². The Kier molecular flexibility index (Phi) is 2.31. The fourth-order valence-corrected chi connectivity index (χ4v) is 1.86. The number of imidazole rings is 1. The van der Waals surface area contributed by atoms with E-state index < -0.39 is 5.75 Å². The zero-order valence-corrected chi connectivity index (χ0v) is 9.99. The number of phenols is 2. The molecule has 6 nitrogen and oxygen atoms in total. The lowest BCUT2D eigenvalue weighted by Gasteiger charge is -2.02. The van der Waals surface area contributed by atoms with Crippen molar-refractivity contribution >= 4 is 11.9 Å². The first-order valence-electron chi connectivity index (χ1n) is 5.54. The number of hydrogen-bond donors (Lipinski definition) is 2. The number of rotatable bonds is 1. The van der Waals surface area contributed by atoms with Gasteiger partial charge in [0, 0.05) is 25.5 Å². The molecule has 1 aromatic carbocycles. The molecule has 19 heavy (non-hydrogen) atoms. The number of allylic oxidation sites excluding steroid dienone is 1. The monoisotopic (exact) mass is 258 g/mol. The highest BCUT2D eigenvalue weighted by atomic mass is 16.5. The number of carbonyl (C=O) groups excluding carboxylic acids is 1. The third kappa shape index (κ3) is 1.65. The van der Waals surface area contributed by atoms with Gasteiger partial charge in [0.25, 0.3) is 0 Å². The normalized spacial score (nSPS) is 15.6. The second-order valence-corrected chi connectivity index (χ2v) is 4.15. The summed E-state index contributed by atoms with van der Waals surface area (Å²) in [5.74, 6) is -0.525. The number of phenolic OH excluding ortho intramolecular Hbond substituents is 2. The molecule has 0 spiro atoms. The highest BCUT2D eigenvalue weighted by Crippen LogP contribution is 2.44. The summed E-state index contributed by atoms with van der Waals surface area (Å²) >= 11 is 0. The molecule has 3 rings (SSSR count). The van der Waals surface area contributed by atoms with Crippen LogP contribution in [0.5, 0.6) is 17.2 Å². The van der Waals surface area contributed by atoms with E-state index in [9.17, 15) is 15.0 Å². The molecule has 2 heterocycles. The maximum absolute atomic E-state index is 12.1. The predicted octanol–water partition coefficient (Wildman–Crippen LogP) is 1.45. The van der Waals surface area contributed by atoms with Gasteiger partial charge in [0.05, 0.1) is 5.56 Å². The van der Waals surface area contributed by atoms with Crippen molar-refractivity contribution < 1.29 is 19.7 Å². The maximum Gasteiger partial charge on any atom is 0.232 e. The maximum atomic E-state index is 12.1. The molecule has 1 aromatic heterocycles. The summed E-state index contributed by atoms with van der Waals surface area (Å²) in [7, 11) is 1.79. The van der Waals surface area contributed by atoms with Crippen LogP contribution in [-0.2, 0) is 7.05 Å². The third-order valence-electron chi connectivity index (χ3n) is 2.91. The van der Waals surface area contributed by atoms with Gasteiger partial charge in [-0.1, -0.05) is 0 Å². The van der Waals surface area contributed by atoms with Crippen molar-refractivity contribution in [3.05, 3.63) is 41.7 Å². The number of nitrogens with zero attached hydrogens (tertiary/aromatic N) is 2. The van der Waals surface area contributed by atoms with Crippen molar-refractivity contribution in [1.29, 1.82) is 0 Å². The minimum Gasteiger partial charge on any atom is -0.504 e. The van der Waals surface area contributed by atoms with Crippen LogP contribution in [0.25, 0.3) is 6.08 Å². The number of carbonyl (C=O) groups is 1. The van der Waals surface area contributed by atoms with Gasteiger partial charge in [0.2, 0.25) is 11.5 Å². The van der Waals surface area contributed by atoms with Gasteiger partial charge in [-0.2, -0.15) is 0 Å². The van der Waals surface area contributed by atoms with Crippen molar-refractivity contribution in [3.8, 4) is 17.2 Å². The van der Waals surface area contributed by atoms with E-state index in [4.69, 9.17) is 4.74 Å². The van der Waals surface area contributed by atoms with Gasteiger partial charge < -0.3 is 19.5 Å². The average molecular weight is 258 g/mol. The zero-order valence-electron chi connectivity index (χ0n) is 9.99. The standard InChI is InChI=1S/C13H10N2O4/c1-15-5-4-14-10(15)6-9-11(17)7-2-3-8(16)12(18)13(7)19-9/h2-6,16,18H,1H3/b9-6-. The van der Waals surface area contributed by atoms with Crippen molar-refractivity contribution in [1.82, 2.24) is 9.55 Å². The van der Waals surface area contributed by atoms with E-state index in [0.717, 1.165) is 0 Å². The van der Waals surface area contributed by atoms with Crippen molar-refractivity contribution in [2.45, 2.75) is 0 Å². The number of ether oxygens (including phenoxy) is 1. The number of ketones is 1. The molecular formula is C13H10N2O4. The molecule has 1 aliphatic rings. The fourth-order valence-electron chi connectivity index (χ4n) is 1.86. The van der Waals surface area contributed by atoms with E-state index >= 15 is 0 Å². The van der Waals surface area contributed by atoms with Gasteiger partial charge in [0.1, 0.15) is 5.82 Å². The summed E-state index contributed by atoms with van der Waals surface area (Å²) < 4.78 is 7.03. The molecule has 0 fully saturated rings. The summed E-state index contributed by atoms with van der Waals surface area (Å²) in [6.45, 7) is 0. The lowest BCUT2D eigenvalue weighted by Crippen LogP contribution is -2.00. The van der Waals surface area contributed by atoms with Crippen LogP contribution in [0.2, 0.25) is 0 Å². The lowest BCUT2D eigenvalue weighted by atomic mass is 10.1. The Morgan fingerprint density at radius 2 is 2.16 bits per heavy atom. The average Bonchev–Trinajstić information content (AvgIpc) is 2.92. The molecule has 2 aromatic rings. The zero-order chi connectivity index (χ0) is 13.6. The summed E-state index contributed by atoms with van der Waals surface area (Å²) in [5.41, 5.74) is 0.218. The van der Waals surface area contributed by atoms with E-state index in [1.165, 1.54) is 18.2 Å². The van der Waals surface area contributed by atoms with Gasteiger partial charge in [0.15, 0.2) is 17.3 Å². The molecule has 0 saturated carbocycles. The van der Waals surface area contributed by atoms with Crippen LogP contribution in [-0.4, -0.2) is 25.5 Å². The molecule has 0 unspecified atom stereocenters. The Hall–Kier alpha value is -2.76. The highest BCUT2D eigenvalue weighted by Gasteiger charge is 2.31. The Balaban J connectivity index is 2.07. The second kappa shape index (κ2) is 3.88. The van der Waals surface area contributed by atoms with Crippen molar-refractivity contribution in [2.75, 3.05) is 0 Å². The summed E-state index contributed by atoms with van der Waals surface area (Å²) in [6, 6.07) is 2.66. The summed E-state index contributed by atoms with van der Waals surface area (Å²) in [4.78, 5) is 16.1. The van der Waals surface area contributed by atoms with Crippen LogP contribution < -0.4 is 4.74 Å². The molecule has 0 radical (unpaired) electrons. The second-order valence-electron chi connectivity index (χ2n) is 4.15. The molecule has 1 aliphatic heterocycles. The van der Waals surface area contributed by atoms with Gasteiger partial charge in [-0.15, -0.1) is 0 Å². The van der Waals surface area contributed by atoms with Crippen LogP contribution in [0.3, 0.4) is 0 Å².